The highest BCUT2D eigenvalue weighted by Gasteiger charge is 2.63. The fourth-order valence-corrected chi connectivity index (χ4v) is 2.82. The van der Waals surface area contributed by atoms with Crippen molar-refractivity contribution in [2.24, 2.45) is 5.41 Å². The van der Waals surface area contributed by atoms with Crippen LogP contribution in [-0.4, -0.2) is 18.8 Å². The molecule has 1 N–H and O–H groups in total. The Morgan fingerprint density at radius 1 is 1.41 bits per heavy atom. The van der Waals surface area contributed by atoms with Crippen molar-refractivity contribution in [2.45, 2.75) is 32.6 Å². The quantitative estimate of drug-likeness (QED) is 0.877. The lowest BCUT2D eigenvalue weighted by Crippen LogP contribution is -2.22. The highest BCUT2D eigenvalue weighted by Crippen LogP contribution is 2.66. The molecule has 1 atom stereocenters. The van der Waals surface area contributed by atoms with Crippen molar-refractivity contribution in [3.63, 3.8) is 0 Å². The lowest BCUT2D eigenvalue weighted by molar-refractivity contribution is 0.224. The van der Waals surface area contributed by atoms with Crippen LogP contribution in [-0.2, 0) is 5.41 Å². The normalized spacial score (nSPS) is 25.8. The maximum Gasteiger partial charge on any atom is 0.131 e. The zero-order chi connectivity index (χ0) is 12.8. The van der Waals surface area contributed by atoms with Crippen LogP contribution in [0.2, 0.25) is 0 Å². The Labute approximate surface area is 101 Å². The molecule has 1 saturated carbocycles. The summed E-state index contributed by atoms with van der Waals surface area (Å²) in [5, 5.41) is 9.64. The molecule has 1 aliphatic rings. The van der Waals surface area contributed by atoms with Crippen molar-refractivity contribution in [1.29, 1.82) is 0 Å². The van der Waals surface area contributed by atoms with E-state index in [1.807, 2.05) is 26.8 Å². The summed E-state index contributed by atoms with van der Waals surface area (Å²) in [4.78, 5) is 0. The number of halogens is 1. The van der Waals surface area contributed by atoms with Crippen molar-refractivity contribution >= 4 is 0 Å². The first-order valence-electron chi connectivity index (χ1n) is 5.83. The maximum absolute atomic E-state index is 14.2. The van der Waals surface area contributed by atoms with E-state index in [0.717, 1.165) is 12.0 Å². The van der Waals surface area contributed by atoms with E-state index in [-0.39, 0.29) is 17.8 Å². The molecule has 0 saturated heterocycles. The number of methoxy groups -OCH3 is 1. The van der Waals surface area contributed by atoms with Crippen LogP contribution in [0.5, 0.6) is 5.75 Å². The first kappa shape index (κ1) is 12.4. The minimum atomic E-state index is -0.490. The van der Waals surface area contributed by atoms with Gasteiger partial charge >= 0.3 is 0 Å². The number of rotatable bonds is 3. The van der Waals surface area contributed by atoms with E-state index < -0.39 is 5.41 Å². The molecule has 2 rings (SSSR count). The van der Waals surface area contributed by atoms with E-state index in [4.69, 9.17) is 4.74 Å². The maximum atomic E-state index is 14.2. The third-order valence-electron chi connectivity index (χ3n) is 4.08. The van der Waals surface area contributed by atoms with Crippen LogP contribution in [0.1, 0.15) is 31.4 Å². The van der Waals surface area contributed by atoms with Gasteiger partial charge in [-0.1, -0.05) is 13.8 Å². The van der Waals surface area contributed by atoms with Gasteiger partial charge in [0, 0.05) is 11.0 Å². The average Bonchev–Trinajstić information content (AvgIpc) is 2.80. The fraction of sp³-hybridized carbons (Fsp3) is 0.571. The molecule has 0 aliphatic heterocycles. The first-order valence-corrected chi connectivity index (χ1v) is 5.83. The minimum Gasteiger partial charge on any atom is -0.496 e. The molecule has 0 bridgehead atoms. The number of benzene rings is 1. The Balaban J connectivity index is 2.60. The van der Waals surface area contributed by atoms with Gasteiger partial charge in [0.15, 0.2) is 0 Å². The Morgan fingerprint density at radius 3 is 2.41 bits per heavy atom. The van der Waals surface area contributed by atoms with E-state index >= 15 is 0 Å². The van der Waals surface area contributed by atoms with Gasteiger partial charge in [-0.3, -0.25) is 0 Å². The SMILES string of the molecule is COc1cc(C)cc(F)c1C1(CO)CC1(C)C. The van der Waals surface area contributed by atoms with Crippen LogP contribution in [0.15, 0.2) is 12.1 Å². The molecule has 17 heavy (non-hydrogen) atoms. The van der Waals surface area contributed by atoms with Gasteiger partial charge in [0.2, 0.25) is 0 Å². The van der Waals surface area contributed by atoms with Crippen molar-refractivity contribution in [3.8, 4) is 5.75 Å². The zero-order valence-corrected chi connectivity index (χ0v) is 10.8. The van der Waals surface area contributed by atoms with E-state index in [1.54, 1.807) is 0 Å². The molecular weight excluding hydrogens is 219 g/mol. The molecule has 94 valence electrons. The van der Waals surface area contributed by atoms with Crippen LogP contribution in [0.4, 0.5) is 4.39 Å². The second-order valence-electron chi connectivity index (χ2n) is 5.62. The van der Waals surface area contributed by atoms with Crippen molar-refractivity contribution in [2.75, 3.05) is 13.7 Å². The number of aryl methyl sites for hydroxylation is 1. The van der Waals surface area contributed by atoms with Crippen LogP contribution >= 0.6 is 0 Å². The van der Waals surface area contributed by atoms with E-state index in [2.05, 4.69) is 0 Å². The highest BCUT2D eigenvalue weighted by molar-refractivity contribution is 5.49. The molecule has 2 nitrogen and oxygen atoms in total. The Hall–Kier alpha value is -1.09. The van der Waals surface area contributed by atoms with Crippen molar-refractivity contribution in [3.05, 3.63) is 29.1 Å². The van der Waals surface area contributed by atoms with Gasteiger partial charge in [0.25, 0.3) is 0 Å². The summed E-state index contributed by atoms with van der Waals surface area (Å²) < 4.78 is 19.5. The van der Waals surface area contributed by atoms with Gasteiger partial charge in [0.1, 0.15) is 11.6 Å². The Bertz CT molecular complexity index is 454. The van der Waals surface area contributed by atoms with Crippen molar-refractivity contribution in [1.82, 2.24) is 0 Å². The first-order chi connectivity index (χ1) is 7.88. The molecule has 1 fully saturated rings. The Kier molecular flexibility index (Phi) is 2.69. The lowest BCUT2D eigenvalue weighted by Gasteiger charge is -2.22. The molecule has 0 amide bonds. The lowest BCUT2D eigenvalue weighted by atomic mass is 9.87. The monoisotopic (exact) mass is 238 g/mol. The molecule has 1 aliphatic carbocycles. The Morgan fingerprint density at radius 2 is 2.00 bits per heavy atom. The number of ether oxygens (including phenoxy) is 1. The number of hydrogen-bond donors (Lipinski definition) is 1. The summed E-state index contributed by atoms with van der Waals surface area (Å²) in [6.45, 7) is 5.87. The third kappa shape index (κ3) is 1.64. The molecule has 1 aromatic rings. The van der Waals surface area contributed by atoms with Gasteiger partial charge < -0.3 is 9.84 Å². The topological polar surface area (TPSA) is 29.5 Å². The summed E-state index contributed by atoms with van der Waals surface area (Å²) in [5.74, 6) is 0.267. The van der Waals surface area contributed by atoms with Crippen LogP contribution < -0.4 is 4.74 Å². The van der Waals surface area contributed by atoms with Crippen molar-refractivity contribution < 1.29 is 14.2 Å². The molecule has 0 spiro atoms. The smallest absolute Gasteiger partial charge is 0.131 e. The largest absolute Gasteiger partial charge is 0.496 e. The molecule has 0 heterocycles. The summed E-state index contributed by atoms with van der Waals surface area (Å²) in [5.41, 5.74) is 0.786. The minimum absolute atomic E-state index is 0.0453. The number of aliphatic hydroxyl groups is 1. The van der Waals surface area contributed by atoms with E-state index in [9.17, 15) is 9.50 Å². The second-order valence-corrected chi connectivity index (χ2v) is 5.62. The van der Waals surface area contributed by atoms with E-state index in [0.29, 0.717) is 11.3 Å². The fourth-order valence-electron chi connectivity index (χ4n) is 2.82. The molecule has 0 aromatic heterocycles. The molecule has 1 unspecified atom stereocenters. The van der Waals surface area contributed by atoms with E-state index in [1.165, 1.54) is 13.2 Å². The summed E-state index contributed by atoms with van der Waals surface area (Å²) in [7, 11) is 1.54. The second kappa shape index (κ2) is 3.70. The highest BCUT2D eigenvalue weighted by atomic mass is 19.1. The summed E-state index contributed by atoms with van der Waals surface area (Å²) >= 11 is 0. The summed E-state index contributed by atoms with van der Waals surface area (Å²) in [6.07, 6.45) is 0.785. The van der Waals surface area contributed by atoms with Gasteiger partial charge in [0.05, 0.1) is 13.7 Å². The van der Waals surface area contributed by atoms with Crippen LogP contribution in [0, 0.1) is 18.2 Å². The van der Waals surface area contributed by atoms with Crippen LogP contribution in [0.25, 0.3) is 0 Å². The van der Waals surface area contributed by atoms with Gasteiger partial charge in [-0.15, -0.1) is 0 Å². The third-order valence-corrected chi connectivity index (χ3v) is 4.08. The number of hydrogen-bond acceptors (Lipinski definition) is 2. The predicted molar refractivity (Wildman–Crippen MR) is 64.9 cm³/mol. The standard InChI is InChI=1S/C14H19FO2/c1-9-5-10(15)12(11(6-9)17-4)14(8-16)7-13(14,2)3/h5-6,16H,7-8H2,1-4H3. The predicted octanol–water partition coefficient (Wildman–Crippen LogP) is 2.80. The average molecular weight is 238 g/mol. The van der Waals surface area contributed by atoms with Gasteiger partial charge in [-0.05, 0) is 36.5 Å². The van der Waals surface area contributed by atoms with Gasteiger partial charge in [-0.25, -0.2) is 4.39 Å². The van der Waals surface area contributed by atoms with Crippen LogP contribution in [0.3, 0.4) is 0 Å². The molecule has 1 aromatic carbocycles. The molecule has 0 radical (unpaired) electrons. The zero-order valence-electron chi connectivity index (χ0n) is 10.8. The molecule has 3 heteroatoms. The molecular formula is C14H19FO2. The number of aliphatic hydroxyl groups excluding tert-OH is 1. The summed E-state index contributed by atoms with van der Waals surface area (Å²) in [6, 6.07) is 3.33. The van der Waals surface area contributed by atoms with Gasteiger partial charge in [-0.2, -0.15) is 0 Å².